The molecule has 0 radical (unpaired) electrons. The van der Waals surface area contributed by atoms with E-state index in [0.29, 0.717) is 49.7 Å². The molecule has 0 aliphatic carbocycles. The van der Waals surface area contributed by atoms with Crippen molar-refractivity contribution in [2.24, 2.45) is 0 Å². The molecule has 0 fully saturated rings. The Morgan fingerprint density at radius 3 is 2.37 bits per heavy atom. The number of ketones is 1. The molecule has 164 valence electrons. The highest BCUT2D eigenvalue weighted by molar-refractivity contribution is 5.79. The fourth-order valence-corrected chi connectivity index (χ4v) is 3.10. The molecule has 0 bridgehead atoms. The molecule has 2 aromatic rings. The van der Waals surface area contributed by atoms with Gasteiger partial charge in [-0.2, -0.15) is 0 Å². The van der Waals surface area contributed by atoms with Crippen LogP contribution >= 0.6 is 0 Å². The highest BCUT2D eigenvalue weighted by atomic mass is 16.5. The summed E-state index contributed by atoms with van der Waals surface area (Å²) in [5.74, 6) is 1.75. The van der Waals surface area contributed by atoms with Crippen molar-refractivity contribution < 1.29 is 29.2 Å². The number of aromatic hydroxyl groups is 1. The van der Waals surface area contributed by atoms with Crippen LogP contribution in [0.5, 0.6) is 23.0 Å². The van der Waals surface area contributed by atoms with E-state index in [1.165, 1.54) is 7.11 Å². The number of nitrogens with one attached hydrogen (secondary N) is 1. The number of phenols is 1. The molecule has 0 aliphatic heterocycles. The summed E-state index contributed by atoms with van der Waals surface area (Å²) >= 11 is 0. The lowest BCUT2D eigenvalue weighted by molar-refractivity contribution is -0.120. The third kappa shape index (κ3) is 7.24. The quantitative estimate of drug-likeness (QED) is 0.431. The summed E-state index contributed by atoms with van der Waals surface area (Å²) in [6, 6.07) is 10.7. The minimum atomic E-state index is -0.696. The maximum atomic E-state index is 12.2. The van der Waals surface area contributed by atoms with Crippen molar-refractivity contribution in [3.05, 3.63) is 47.5 Å². The van der Waals surface area contributed by atoms with Crippen LogP contribution in [0.1, 0.15) is 30.4 Å². The number of aliphatic hydroxyl groups excluding tert-OH is 1. The zero-order chi connectivity index (χ0) is 21.9. The number of carbonyl (C=O) groups is 1. The second-order valence-electron chi connectivity index (χ2n) is 7.07. The van der Waals surface area contributed by atoms with Gasteiger partial charge >= 0.3 is 0 Å². The van der Waals surface area contributed by atoms with Gasteiger partial charge in [-0.1, -0.05) is 12.1 Å². The Morgan fingerprint density at radius 1 is 1.00 bits per heavy atom. The van der Waals surface area contributed by atoms with E-state index in [0.717, 1.165) is 11.1 Å². The fourth-order valence-electron chi connectivity index (χ4n) is 3.10. The lowest BCUT2D eigenvalue weighted by Crippen LogP contribution is -2.15. The monoisotopic (exact) mass is 417 g/mol. The number of aryl methyl sites for hydroxylation is 2. The number of carbonyl (C=O) groups excluding carboxylic acids is 1. The van der Waals surface area contributed by atoms with E-state index in [2.05, 4.69) is 5.32 Å². The first-order valence-corrected chi connectivity index (χ1v) is 9.96. The molecule has 7 heteroatoms. The predicted molar refractivity (Wildman–Crippen MR) is 114 cm³/mol. The summed E-state index contributed by atoms with van der Waals surface area (Å²) in [5, 5.41) is 22.8. The van der Waals surface area contributed by atoms with Crippen LogP contribution in [0.15, 0.2) is 36.4 Å². The van der Waals surface area contributed by atoms with Crippen molar-refractivity contribution in [3.8, 4) is 23.0 Å². The highest BCUT2D eigenvalue weighted by Crippen LogP contribution is 2.29. The van der Waals surface area contributed by atoms with Crippen LogP contribution < -0.4 is 19.5 Å². The first-order chi connectivity index (χ1) is 14.5. The molecule has 0 spiro atoms. The first kappa shape index (κ1) is 23.5. The Morgan fingerprint density at radius 2 is 1.67 bits per heavy atom. The second kappa shape index (κ2) is 12.0. The zero-order valence-electron chi connectivity index (χ0n) is 17.8. The predicted octanol–water partition coefficient (Wildman–Crippen LogP) is 2.85. The van der Waals surface area contributed by atoms with Gasteiger partial charge in [-0.25, -0.2) is 0 Å². The number of ether oxygens (including phenoxy) is 3. The van der Waals surface area contributed by atoms with Crippen molar-refractivity contribution in [2.45, 2.75) is 38.2 Å². The maximum absolute atomic E-state index is 12.2. The van der Waals surface area contributed by atoms with Gasteiger partial charge in [0.2, 0.25) is 0 Å². The van der Waals surface area contributed by atoms with E-state index >= 15 is 0 Å². The molecule has 0 heterocycles. The molecule has 0 saturated carbocycles. The number of benzene rings is 2. The van der Waals surface area contributed by atoms with Crippen molar-refractivity contribution in [3.63, 3.8) is 0 Å². The molecule has 30 heavy (non-hydrogen) atoms. The van der Waals surface area contributed by atoms with Gasteiger partial charge in [-0.15, -0.1) is 0 Å². The van der Waals surface area contributed by atoms with Crippen molar-refractivity contribution in [1.82, 2.24) is 5.32 Å². The topological polar surface area (TPSA) is 97.2 Å². The smallest absolute Gasteiger partial charge is 0.163 e. The van der Waals surface area contributed by atoms with Crippen LogP contribution in [-0.2, 0) is 17.6 Å². The summed E-state index contributed by atoms with van der Waals surface area (Å²) in [6.07, 6.45) is 1.41. The molecular formula is C23H31NO6. The normalized spacial score (nSPS) is 11.7. The Hall–Kier alpha value is -2.77. The van der Waals surface area contributed by atoms with Crippen LogP contribution in [0.25, 0.3) is 0 Å². The molecule has 0 aliphatic rings. The van der Waals surface area contributed by atoms with Crippen LogP contribution in [0, 0.1) is 0 Å². The molecular weight excluding hydrogens is 386 g/mol. The molecule has 0 aromatic heterocycles. The largest absolute Gasteiger partial charge is 0.504 e. The molecule has 1 atom stereocenters. The third-order valence-electron chi connectivity index (χ3n) is 4.77. The van der Waals surface area contributed by atoms with Gasteiger partial charge in [-0.3, -0.25) is 10.1 Å². The molecule has 7 nitrogen and oxygen atoms in total. The van der Waals surface area contributed by atoms with Gasteiger partial charge < -0.3 is 24.4 Å². The number of hydrogen-bond donors (Lipinski definition) is 3. The Kier molecular flexibility index (Phi) is 9.44. The Bertz CT molecular complexity index is 823. The minimum absolute atomic E-state index is 0.00272. The minimum Gasteiger partial charge on any atom is -0.504 e. The summed E-state index contributed by atoms with van der Waals surface area (Å²) < 4.78 is 16.0. The maximum Gasteiger partial charge on any atom is 0.163 e. The summed E-state index contributed by atoms with van der Waals surface area (Å²) in [5.41, 5.74) is 1.91. The second-order valence-corrected chi connectivity index (χ2v) is 7.07. The number of phenolic OH excluding ortho intramolecular Hbond substituents is 1. The van der Waals surface area contributed by atoms with E-state index in [1.807, 2.05) is 18.2 Å². The summed E-state index contributed by atoms with van der Waals surface area (Å²) in [4.78, 5) is 12.2. The molecule has 2 rings (SSSR count). The SMILES string of the molecule is CNCOc1ccc(CC[C@@H](O)CC(=O)CCc2ccc(O)c(OC)c2)cc1OC. The van der Waals surface area contributed by atoms with Gasteiger partial charge in [0.25, 0.3) is 0 Å². The number of aliphatic hydroxyl groups is 1. The third-order valence-corrected chi connectivity index (χ3v) is 4.77. The first-order valence-electron chi connectivity index (χ1n) is 9.96. The van der Waals surface area contributed by atoms with E-state index in [-0.39, 0.29) is 18.0 Å². The van der Waals surface area contributed by atoms with Crippen molar-refractivity contribution in [1.29, 1.82) is 0 Å². The average Bonchev–Trinajstić information content (AvgIpc) is 2.75. The van der Waals surface area contributed by atoms with Gasteiger partial charge in [0.15, 0.2) is 23.0 Å². The average molecular weight is 418 g/mol. The van der Waals surface area contributed by atoms with Crippen molar-refractivity contribution in [2.75, 3.05) is 28.0 Å². The molecule has 3 N–H and O–H groups in total. The van der Waals surface area contributed by atoms with Crippen LogP contribution in [-0.4, -0.2) is 50.1 Å². The molecule has 2 aromatic carbocycles. The number of rotatable bonds is 13. The van der Waals surface area contributed by atoms with Gasteiger partial charge in [0, 0.05) is 12.8 Å². The van der Waals surface area contributed by atoms with E-state index in [1.54, 1.807) is 32.4 Å². The van der Waals surface area contributed by atoms with Gasteiger partial charge in [0.05, 0.1) is 20.3 Å². The van der Waals surface area contributed by atoms with Gasteiger partial charge in [-0.05, 0) is 61.7 Å². The zero-order valence-corrected chi connectivity index (χ0v) is 17.8. The van der Waals surface area contributed by atoms with Crippen LogP contribution in [0.3, 0.4) is 0 Å². The van der Waals surface area contributed by atoms with Crippen LogP contribution in [0.4, 0.5) is 0 Å². The van der Waals surface area contributed by atoms with E-state index < -0.39 is 6.10 Å². The molecule has 0 amide bonds. The lowest BCUT2D eigenvalue weighted by atomic mass is 10.00. The highest BCUT2D eigenvalue weighted by Gasteiger charge is 2.13. The summed E-state index contributed by atoms with van der Waals surface area (Å²) in [7, 11) is 4.87. The lowest BCUT2D eigenvalue weighted by Gasteiger charge is -2.13. The van der Waals surface area contributed by atoms with Crippen molar-refractivity contribution >= 4 is 5.78 Å². The van der Waals surface area contributed by atoms with E-state index in [4.69, 9.17) is 14.2 Å². The number of methoxy groups -OCH3 is 2. The Balaban J connectivity index is 1.79. The van der Waals surface area contributed by atoms with E-state index in [9.17, 15) is 15.0 Å². The number of Topliss-reactive ketones (excluding diaryl/α,β-unsaturated/α-hetero) is 1. The molecule has 0 saturated heterocycles. The van der Waals surface area contributed by atoms with Crippen LogP contribution in [0.2, 0.25) is 0 Å². The summed E-state index contributed by atoms with van der Waals surface area (Å²) in [6.45, 7) is 0.382. The number of hydrogen-bond acceptors (Lipinski definition) is 7. The standard InChI is InChI=1S/C23H31NO6/c1-24-15-30-21-11-7-17(13-23(21)29-3)5-9-19(26)14-18(25)8-4-16-6-10-20(27)22(12-16)28-2/h6-7,10-13,19,24,26-27H,4-5,8-9,14-15H2,1-3H3/t19-/m1/s1. The Labute approximate surface area is 177 Å². The van der Waals surface area contributed by atoms with Gasteiger partial charge in [0.1, 0.15) is 12.5 Å². The molecule has 0 unspecified atom stereocenters. The fraction of sp³-hybridized carbons (Fsp3) is 0.435.